The molecule has 3 unspecified atom stereocenters. The number of nitrogens with zero attached hydrogens (tertiary/aromatic N) is 2. The molecule has 1 aliphatic heterocycles. The van der Waals surface area contributed by atoms with Crippen LogP contribution >= 0.6 is 0 Å². The highest BCUT2D eigenvalue weighted by Gasteiger charge is 2.43. The van der Waals surface area contributed by atoms with Crippen LogP contribution in [0.1, 0.15) is 66.4 Å². The van der Waals surface area contributed by atoms with Crippen LogP contribution in [0.4, 0.5) is 0 Å². The van der Waals surface area contributed by atoms with E-state index in [0.717, 1.165) is 35.3 Å². The summed E-state index contributed by atoms with van der Waals surface area (Å²) in [4.78, 5) is 33.4. The van der Waals surface area contributed by atoms with Gasteiger partial charge in [0.15, 0.2) is 5.78 Å². The number of benzene rings is 1. The SMILES string of the molecule is CCOC(=O)C1=CN(C(CC)C(C)(C)COC)C(/C(=C2\C=CC=C(OCc3ccccc3)\C2=N\C)C(C)CC)CC1=O. The van der Waals surface area contributed by atoms with Gasteiger partial charge in [-0.2, -0.15) is 0 Å². The highest BCUT2D eigenvalue weighted by atomic mass is 16.5. The Bertz CT molecular complexity index is 1260. The molecular formula is C35H48N2O5. The van der Waals surface area contributed by atoms with Gasteiger partial charge in [-0.25, -0.2) is 4.79 Å². The molecule has 3 atom stereocenters. The van der Waals surface area contributed by atoms with Crippen molar-refractivity contribution in [3.63, 3.8) is 0 Å². The van der Waals surface area contributed by atoms with Gasteiger partial charge >= 0.3 is 5.97 Å². The third kappa shape index (κ3) is 7.49. The van der Waals surface area contributed by atoms with Crippen molar-refractivity contribution in [2.24, 2.45) is 16.3 Å². The van der Waals surface area contributed by atoms with Crippen molar-refractivity contribution >= 4 is 17.5 Å². The van der Waals surface area contributed by atoms with Gasteiger partial charge in [0.1, 0.15) is 23.7 Å². The first-order valence-electron chi connectivity index (χ1n) is 15.1. The Hall–Kier alpha value is -3.45. The zero-order valence-electron chi connectivity index (χ0n) is 26.6. The maximum atomic E-state index is 13.6. The Morgan fingerprint density at radius 3 is 2.45 bits per heavy atom. The Morgan fingerprint density at radius 2 is 1.86 bits per heavy atom. The van der Waals surface area contributed by atoms with Crippen molar-refractivity contribution < 1.29 is 23.8 Å². The Labute approximate surface area is 252 Å². The van der Waals surface area contributed by atoms with E-state index >= 15 is 0 Å². The number of rotatable bonds is 13. The van der Waals surface area contributed by atoms with Crippen LogP contribution in [-0.2, 0) is 30.4 Å². The number of ether oxygens (including phenoxy) is 3. The van der Waals surface area contributed by atoms with Crippen LogP contribution in [0, 0.1) is 11.3 Å². The van der Waals surface area contributed by atoms with Crippen LogP contribution in [0.2, 0.25) is 0 Å². The molecule has 1 aromatic rings. The number of carbonyl (C=O) groups excluding carboxylic acids is 2. The predicted octanol–water partition coefficient (Wildman–Crippen LogP) is 6.61. The summed E-state index contributed by atoms with van der Waals surface area (Å²) in [6, 6.07) is 9.76. The van der Waals surface area contributed by atoms with Crippen molar-refractivity contribution in [1.29, 1.82) is 0 Å². The Kier molecular flexibility index (Phi) is 11.9. The fourth-order valence-electron chi connectivity index (χ4n) is 6.12. The lowest BCUT2D eigenvalue weighted by Crippen LogP contribution is -2.53. The summed E-state index contributed by atoms with van der Waals surface area (Å²) in [5.41, 5.74) is 3.75. The molecule has 7 heteroatoms. The van der Waals surface area contributed by atoms with Gasteiger partial charge in [0.2, 0.25) is 0 Å². The van der Waals surface area contributed by atoms with Gasteiger partial charge in [-0.1, -0.05) is 77.1 Å². The molecule has 2 aliphatic rings. The highest BCUT2D eigenvalue weighted by Crippen LogP contribution is 2.40. The molecule has 0 N–H and O–H groups in total. The molecule has 0 amide bonds. The number of hydrogen-bond acceptors (Lipinski definition) is 7. The van der Waals surface area contributed by atoms with Crippen LogP contribution in [0.25, 0.3) is 0 Å². The number of allylic oxidation sites excluding steroid dienone is 4. The van der Waals surface area contributed by atoms with Crippen LogP contribution in [0.5, 0.6) is 0 Å². The molecule has 0 saturated heterocycles. The van der Waals surface area contributed by atoms with E-state index in [-0.39, 0.29) is 47.8 Å². The first-order chi connectivity index (χ1) is 20.1. The Balaban J connectivity index is 2.17. The van der Waals surface area contributed by atoms with Crippen LogP contribution in [-0.4, -0.2) is 61.8 Å². The van der Waals surface area contributed by atoms with E-state index < -0.39 is 5.97 Å². The molecular weight excluding hydrogens is 528 g/mol. The summed E-state index contributed by atoms with van der Waals surface area (Å²) < 4.78 is 17.2. The third-order valence-corrected chi connectivity index (χ3v) is 8.25. The minimum absolute atomic E-state index is 0.0152. The number of esters is 1. The van der Waals surface area contributed by atoms with Crippen molar-refractivity contribution in [3.05, 3.63) is 82.8 Å². The van der Waals surface area contributed by atoms with E-state index in [2.05, 4.69) is 45.6 Å². The fourth-order valence-corrected chi connectivity index (χ4v) is 6.12. The monoisotopic (exact) mass is 576 g/mol. The number of Topliss-reactive ketones (excluding diaryl/α,β-unsaturated/α-hetero) is 1. The van der Waals surface area contributed by atoms with Gasteiger partial charge in [-0.05, 0) is 42.9 Å². The highest BCUT2D eigenvalue weighted by molar-refractivity contribution is 6.18. The average molecular weight is 577 g/mol. The van der Waals surface area contributed by atoms with E-state index in [1.165, 1.54) is 0 Å². The molecule has 1 aliphatic carbocycles. The van der Waals surface area contributed by atoms with Gasteiger partial charge in [-0.3, -0.25) is 9.79 Å². The summed E-state index contributed by atoms with van der Waals surface area (Å²) in [5.74, 6) is 0.0518. The first-order valence-corrected chi connectivity index (χ1v) is 15.1. The van der Waals surface area contributed by atoms with E-state index in [0.29, 0.717) is 19.0 Å². The molecule has 0 spiro atoms. The van der Waals surface area contributed by atoms with Crippen molar-refractivity contribution in [2.45, 2.75) is 79.5 Å². The maximum Gasteiger partial charge on any atom is 0.343 e. The molecule has 0 bridgehead atoms. The van der Waals surface area contributed by atoms with Gasteiger partial charge in [0, 0.05) is 43.8 Å². The second-order valence-electron chi connectivity index (χ2n) is 11.6. The van der Waals surface area contributed by atoms with Crippen LogP contribution in [0.15, 0.2) is 82.2 Å². The topological polar surface area (TPSA) is 77.4 Å². The van der Waals surface area contributed by atoms with E-state index in [1.54, 1.807) is 27.3 Å². The minimum Gasteiger partial charge on any atom is -0.487 e. The number of carbonyl (C=O) groups is 2. The van der Waals surface area contributed by atoms with E-state index in [1.807, 2.05) is 42.5 Å². The quantitative estimate of drug-likeness (QED) is 0.194. The Morgan fingerprint density at radius 1 is 1.14 bits per heavy atom. The second kappa shape index (κ2) is 15.1. The van der Waals surface area contributed by atoms with E-state index in [4.69, 9.17) is 19.2 Å². The number of aliphatic imine (C=N–C) groups is 1. The molecule has 7 nitrogen and oxygen atoms in total. The van der Waals surface area contributed by atoms with Crippen molar-refractivity contribution in [1.82, 2.24) is 4.90 Å². The summed E-state index contributed by atoms with van der Waals surface area (Å²) in [5, 5.41) is 0. The molecule has 0 saturated carbocycles. The van der Waals surface area contributed by atoms with Gasteiger partial charge in [0.05, 0.1) is 19.3 Å². The molecule has 0 radical (unpaired) electrons. The lowest BCUT2D eigenvalue weighted by atomic mass is 9.76. The number of methoxy groups -OCH3 is 1. The summed E-state index contributed by atoms with van der Waals surface area (Å²) in [6.07, 6.45) is 9.61. The molecule has 0 aromatic heterocycles. The number of hydrogen-bond donors (Lipinski definition) is 0. The normalized spacial score (nSPS) is 21.0. The first kappa shape index (κ1) is 33.1. The second-order valence-corrected chi connectivity index (χ2v) is 11.6. The maximum absolute atomic E-state index is 13.6. The number of ketones is 1. The fraction of sp³-hybridized carbons (Fsp3) is 0.514. The van der Waals surface area contributed by atoms with Gasteiger partial charge in [-0.15, -0.1) is 0 Å². The minimum atomic E-state index is -0.573. The molecule has 0 fully saturated rings. The van der Waals surface area contributed by atoms with Crippen molar-refractivity contribution in [2.75, 3.05) is 27.4 Å². The molecule has 3 rings (SSSR count). The van der Waals surface area contributed by atoms with Gasteiger partial charge in [0.25, 0.3) is 0 Å². The molecule has 1 aromatic carbocycles. The average Bonchev–Trinajstić information content (AvgIpc) is 2.97. The van der Waals surface area contributed by atoms with Crippen LogP contribution in [0.3, 0.4) is 0 Å². The standard InChI is InChI=1S/C35H48N2O5/c1-9-24(4)32(26-18-15-19-30(33(26)36-7)42-22-25-16-13-12-14-17-25)28-20-29(38)27(34(39)41-11-3)21-37(28)31(10-2)35(5,6)23-40-8/h12-19,21,24,28,31H,9-11,20,22-23H2,1-8H3/b32-26+,36-33+. The molecule has 42 heavy (non-hydrogen) atoms. The lowest BCUT2D eigenvalue weighted by molar-refractivity contribution is -0.140. The third-order valence-electron chi connectivity index (χ3n) is 8.25. The summed E-state index contributed by atoms with van der Waals surface area (Å²) in [7, 11) is 3.49. The van der Waals surface area contributed by atoms with E-state index in [9.17, 15) is 9.59 Å². The predicted molar refractivity (Wildman–Crippen MR) is 168 cm³/mol. The largest absolute Gasteiger partial charge is 0.487 e. The van der Waals surface area contributed by atoms with Gasteiger partial charge < -0.3 is 19.1 Å². The lowest BCUT2D eigenvalue weighted by Gasteiger charge is -2.48. The zero-order chi connectivity index (χ0) is 30.9. The molecule has 1 heterocycles. The smallest absolute Gasteiger partial charge is 0.343 e. The molecule has 228 valence electrons. The zero-order valence-corrected chi connectivity index (χ0v) is 26.6. The van der Waals surface area contributed by atoms with Crippen molar-refractivity contribution in [3.8, 4) is 0 Å². The summed E-state index contributed by atoms with van der Waals surface area (Å²) in [6.45, 7) is 13.7. The summed E-state index contributed by atoms with van der Waals surface area (Å²) >= 11 is 0. The van der Waals surface area contributed by atoms with Crippen LogP contribution < -0.4 is 0 Å².